The fourth-order valence-corrected chi connectivity index (χ4v) is 3.66. The van der Waals surface area contributed by atoms with Crippen molar-refractivity contribution in [2.24, 2.45) is 0 Å². The third-order valence-corrected chi connectivity index (χ3v) is 4.49. The van der Waals surface area contributed by atoms with Crippen LogP contribution in [-0.2, 0) is 31.1 Å². The Labute approximate surface area is 145 Å². The van der Waals surface area contributed by atoms with Gasteiger partial charge in [0.05, 0.1) is 0 Å². The SMILES string of the molecule is CC(=O)O[C@@H]1Cc2ccccc2[C@@]1(OC(C)=O)c1ccccc1Cl. The van der Waals surface area contributed by atoms with Gasteiger partial charge in [-0.3, -0.25) is 9.59 Å². The lowest BCUT2D eigenvalue weighted by atomic mass is 9.85. The molecule has 0 bridgehead atoms. The van der Waals surface area contributed by atoms with Crippen LogP contribution in [0, 0.1) is 0 Å². The van der Waals surface area contributed by atoms with E-state index < -0.39 is 23.6 Å². The van der Waals surface area contributed by atoms with E-state index in [0.29, 0.717) is 17.0 Å². The molecule has 1 aliphatic rings. The first-order chi connectivity index (χ1) is 11.4. The van der Waals surface area contributed by atoms with Gasteiger partial charge in [-0.25, -0.2) is 0 Å². The van der Waals surface area contributed by atoms with E-state index in [9.17, 15) is 9.59 Å². The summed E-state index contributed by atoms with van der Waals surface area (Å²) in [5.41, 5.74) is 1.12. The van der Waals surface area contributed by atoms with Gasteiger partial charge in [0.25, 0.3) is 0 Å². The highest BCUT2D eigenvalue weighted by molar-refractivity contribution is 6.31. The van der Waals surface area contributed by atoms with Gasteiger partial charge in [0, 0.05) is 36.4 Å². The molecule has 0 fully saturated rings. The minimum atomic E-state index is -1.24. The standard InChI is InChI=1S/C19H17ClO4/c1-12(21)23-18-11-14-7-3-4-8-15(14)19(18,24-13(2)22)16-9-5-6-10-17(16)20/h3-10,18H,11H2,1-2H3/t18-,19-/m1/s1. The van der Waals surface area contributed by atoms with Crippen LogP contribution in [0.1, 0.15) is 30.5 Å². The van der Waals surface area contributed by atoms with Gasteiger partial charge in [0.2, 0.25) is 5.60 Å². The Kier molecular flexibility index (Phi) is 4.33. The molecule has 0 saturated heterocycles. The van der Waals surface area contributed by atoms with Crippen LogP contribution in [0.2, 0.25) is 5.02 Å². The summed E-state index contributed by atoms with van der Waals surface area (Å²) in [5.74, 6) is -0.903. The van der Waals surface area contributed by atoms with Crippen molar-refractivity contribution in [3.8, 4) is 0 Å². The van der Waals surface area contributed by atoms with E-state index in [2.05, 4.69) is 0 Å². The van der Waals surface area contributed by atoms with E-state index in [-0.39, 0.29) is 0 Å². The van der Waals surface area contributed by atoms with Crippen molar-refractivity contribution in [2.45, 2.75) is 32.0 Å². The maximum atomic E-state index is 11.9. The molecule has 1 aliphatic carbocycles. The fourth-order valence-electron chi connectivity index (χ4n) is 3.39. The minimum absolute atomic E-state index is 0.434. The number of fused-ring (bicyclic) bond motifs is 1. The second kappa shape index (κ2) is 6.29. The van der Waals surface area contributed by atoms with Crippen molar-refractivity contribution in [3.05, 3.63) is 70.2 Å². The molecule has 0 unspecified atom stereocenters. The number of ether oxygens (including phenoxy) is 2. The first-order valence-electron chi connectivity index (χ1n) is 7.65. The number of esters is 2. The fraction of sp³-hybridized carbons (Fsp3) is 0.263. The molecular weight excluding hydrogens is 328 g/mol. The van der Waals surface area contributed by atoms with E-state index in [1.165, 1.54) is 13.8 Å². The predicted molar refractivity (Wildman–Crippen MR) is 89.7 cm³/mol. The molecule has 0 N–H and O–H groups in total. The number of carbonyl (C=O) groups excluding carboxylic acids is 2. The highest BCUT2D eigenvalue weighted by Gasteiger charge is 2.54. The van der Waals surface area contributed by atoms with E-state index in [4.69, 9.17) is 21.1 Å². The van der Waals surface area contributed by atoms with Crippen molar-refractivity contribution in [2.75, 3.05) is 0 Å². The molecule has 124 valence electrons. The summed E-state index contributed by atoms with van der Waals surface area (Å²) in [6.07, 6.45) is -0.218. The molecule has 2 atom stereocenters. The lowest BCUT2D eigenvalue weighted by molar-refractivity contribution is -0.176. The second-order valence-electron chi connectivity index (χ2n) is 5.77. The Morgan fingerprint density at radius 2 is 1.62 bits per heavy atom. The van der Waals surface area contributed by atoms with Gasteiger partial charge >= 0.3 is 11.9 Å². The number of hydrogen-bond acceptors (Lipinski definition) is 4. The van der Waals surface area contributed by atoms with Crippen molar-refractivity contribution in [1.82, 2.24) is 0 Å². The van der Waals surface area contributed by atoms with Gasteiger partial charge in [0.1, 0.15) is 0 Å². The summed E-state index contributed by atoms with van der Waals surface area (Å²) < 4.78 is 11.4. The monoisotopic (exact) mass is 344 g/mol. The lowest BCUT2D eigenvalue weighted by Crippen LogP contribution is -2.44. The van der Waals surface area contributed by atoms with Gasteiger partial charge in [-0.15, -0.1) is 0 Å². The molecule has 0 amide bonds. The molecule has 5 heteroatoms. The molecule has 0 saturated carbocycles. The van der Waals surface area contributed by atoms with Crippen LogP contribution in [0.3, 0.4) is 0 Å². The van der Waals surface area contributed by atoms with Gasteiger partial charge in [-0.05, 0) is 11.6 Å². The quantitative estimate of drug-likeness (QED) is 0.798. The number of rotatable bonds is 3. The van der Waals surface area contributed by atoms with Gasteiger partial charge in [-0.2, -0.15) is 0 Å². The van der Waals surface area contributed by atoms with Crippen LogP contribution < -0.4 is 0 Å². The summed E-state index contributed by atoms with van der Waals surface area (Å²) in [7, 11) is 0. The smallest absolute Gasteiger partial charge is 0.304 e. The van der Waals surface area contributed by atoms with Crippen LogP contribution >= 0.6 is 11.6 Å². The summed E-state index contributed by atoms with van der Waals surface area (Å²) in [5, 5.41) is 0.451. The van der Waals surface area contributed by atoms with E-state index in [1.807, 2.05) is 30.3 Å². The van der Waals surface area contributed by atoms with Gasteiger partial charge in [-0.1, -0.05) is 54.1 Å². The molecule has 0 radical (unpaired) electrons. The first kappa shape index (κ1) is 16.5. The number of carbonyl (C=O) groups is 2. The summed E-state index contributed by atoms with van der Waals surface area (Å²) in [4.78, 5) is 23.6. The number of benzene rings is 2. The predicted octanol–water partition coefficient (Wildman–Crippen LogP) is 3.63. The molecule has 4 nitrogen and oxygen atoms in total. The average Bonchev–Trinajstić information content (AvgIpc) is 2.81. The van der Waals surface area contributed by atoms with Gasteiger partial charge < -0.3 is 9.47 Å². The minimum Gasteiger partial charge on any atom is -0.457 e. The van der Waals surface area contributed by atoms with Crippen molar-refractivity contribution < 1.29 is 19.1 Å². The largest absolute Gasteiger partial charge is 0.457 e. The average molecular weight is 345 g/mol. The molecule has 0 aromatic heterocycles. The molecular formula is C19H17ClO4. The molecule has 2 aromatic carbocycles. The summed E-state index contributed by atoms with van der Waals surface area (Å²) in [6, 6.07) is 14.7. The molecule has 3 rings (SSSR count). The van der Waals surface area contributed by atoms with Crippen LogP contribution in [0.15, 0.2) is 48.5 Å². The Hall–Kier alpha value is -2.33. The topological polar surface area (TPSA) is 52.6 Å². The van der Waals surface area contributed by atoms with Crippen LogP contribution in [-0.4, -0.2) is 18.0 Å². The van der Waals surface area contributed by atoms with Crippen molar-refractivity contribution in [1.29, 1.82) is 0 Å². The zero-order valence-corrected chi connectivity index (χ0v) is 14.2. The Morgan fingerprint density at radius 1 is 1.00 bits per heavy atom. The van der Waals surface area contributed by atoms with E-state index in [1.54, 1.807) is 18.2 Å². The van der Waals surface area contributed by atoms with Crippen LogP contribution in [0.5, 0.6) is 0 Å². The van der Waals surface area contributed by atoms with E-state index in [0.717, 1.165) is 11.1 Å². The first-order valence-corrected chi connectivity index (χ1v) is 8.03. The highest BCUT2D eigenvalue weighted by atomic mass is 35.5. The summed E-state index contributed by atoms with van der Waals surface area (Å²) in [6.45, 7) is 2.68. The Balaban J connectivity index is 2.28. The Morgan fingerprint density at radius 3 is 2.25 bits per heavy atom. The zero-order chi connectivity index (χ0) is 17.3. The number of hydrogen-bond donors (Lipinski definition) is 0. The molecule has 0 heterocycles. The van der Waals surface area contributed by atoms with Crippen LogP contribution in [0.4, 0.5) is 0 Å². The molecule has 24 heavy (non-hydrogen) atoms. The number of halogens is 1. The second-order valence-corrected chi connectivity index (χ2v) is 6.18. The van der Waals surface area contributed by atoms with E-state index >= 15 is 0 Å². The van der Waals surface area contributed by atoms with Crippen LogP contribution in [0.25, 0.3) is 0 Å². The maximum absolute atomic E-state index is 11.9. The lowest BCUT2D eigenvalue weighted by Gasteiger charge is -2.36. The summed E-state index contributed by atoms with van der Waals surface area (Å²) >= 11 is 6.41. The third-order valence-electron chi connectivity index (χ3n) is 4.16. The zero-order valence-electron chi connectivity index (χ0n) is 13.4. The molecule has 0 aliphatic heterocycles. The van der Waals surface area contributed by atoms with Crippen molar-refractivity contribution in [3.63, 3.8) is 0 Å². The third kappa shape index (κ3) is 2.67. The molecule has 2 aromatic rings. The Bertz CT molecular complexity index is 801. The maximum Gasteiger partial charge on any atom is 0.304 e. The van der Waals surface area contributed by atoms with Crippen molar-refractivity contribution >= 4 is 23.5 Å². The normalized spacial score (nSPS) is 21.9. The molecule has 0 spiro atoms. The van der Waals surface area contributed by atoms with Gasteiger partial charge in [0.15, 0.2) is 6.10 Å². The highest BCUT2D eigenvalue weighted by Crippen LogP contribution is 2.48.